The molecule has 0 rings (SSSR count). The van der Waals surface area contributed by atoms with Crippen molar-refractivity contribution in [2.24, 2.45) is 11.7 Å². The van der Waals surface area contributed by atoms with Crippen molar-refractivity contribution < 1.29 is 13.2 Å². The van der Waals surface area contributed by atoms with Crippen molar-refractivity contribution in [2.75, 3.05) is 5.75 Å². The summed E-state index contributed by atoms with van der Waals surface area (Å²) in [6.45, 7) is 5.40. The van der Waals surface area contributed by atoms with Crippen LogP contribution in [0.5, 0.6) is 0 Å². The number of carbonyl (C=O) groups excluding carboxylic acids is 1. The van der Waals surface area contributed by atoms with Crippen molar-refractivity contribution in [3.8, 4) is 0 Å². The maximum absolute atomic E-state index is 11.5. The molecule has 0 radical (unpaired) electrons. The Bertz CT molecular complexity index is 298. The van der Waals surface area contributed by atoms with Crippen molar-refractivity contribution in [1.29, 1.82) is 0 Å². The van der Waals surface area contributed by atoms with Gasteiger partial charge in [0, 0.05) is 0 Å². The van der Waals surface area contributed by atoms with E-state index in [0.29, 0.717) is 6.42 Å². The maximum atomic E-state index is 11.5. The zero-order valence-corrected chi connectivity index (χ0v) is 10.3. The van der Waals surface area contributed by atoms with Gasteiger partial charge in [-0.3, -0.25) is 4.79 Å². The first-order valence-electron chi connectivity index (χ1n) is 5.09. The molecule has 5 nitrogen and oxygen atoms in total. The maximum Gasteiger partial charge on any atom is 0.235 e. The minimum Gasteiger partial charge on any atom is -0.368 e. The molecule has 0 heterocycles. The van der Waals surface area contributed by atoms with Crippen LogP contribution in [0, 0.1) is 5.92 Å². The first-order valence-corrected chi connectivity index (χ1v) is 6.74. The highest BCUT2D eigenvalue weighted by Crippen LogP contribution is 2.04. The number of rotatable bonds is 7. The summed E-state index contributed by atoms with van der Waals surface area (Å²) >= 11 is 0. The number of carbonyl (C=O) groups is 1. The van der Waals surface area contributed by atoms with Gasteiger partial charge in [-0.1, -0.05) is 27.2 Å². The van der Waals surface area contributed by atoms with Crippen LogP contribution >= 0.6 is 0 Å². The van der Waals surface area contributed by atoms with Crippen LogP contribution in [0.15, 0.2) is 0 Å². The minimum atomic E-state index is -3.38. The zero-order chi connectivity index (χ0) is 12.1. The van der Waals surface area contributed by atoms with Gasteiger partial charge in [-0.25, -0.2) is 13.1 Å². The van der Waals surface area contributed by atoms with Crippen molar-refractivity contribution in [2.45, 2.75) is 39.7 Å². The number of unbranched alkanes of at least 4 members (excludes halogenated alkanes) is 1. The number of amides is 1. The van der Waals surface area contributed by atoms with Crippen LogP contribution in [0.3, 0.4) is 0 Å². The number of sulfonamides is 1. The van der Waals surface area contributed by atoms with Gasteiger partial charge in [0.15, 0.2) is 0 Å². The highest BCUT2D eigenvalue weighted by atomic mass is 32.2. The molecular weight excluding hydrogens is 216 g/mol. The summed E-state index contributed by atoms with van der Waals surface area (Å²) in [6.07, 6.45) is 1.38. The van der Waals surface area contributed by atoms with Crippen LogP contribution in [0.25, 0.3) is 0 Å². The van der Waals surface area contributed by atoms with E-state index in [-0.39, 0.29) is 11.7 Å². The van der Waals surface area contributed by atoms with Crippen LogP contribution in [0.2, 0.25) is 0 Å². The molecule has 1 atom stereocenters. The molecule has 0 aliphatic heterocycles. The Morgan fingerprint density at radius 3 is 2.27 bits per heavy atom. The number of nitrogens with two attached hydrogens (primary N) is 1. The lowest BCUT2D eigenvalue weighted by atomic mass is 10.1. The molecule has 0 aromatic rings. The second-order valence-electron chi connectivity index (χ2n) is 3.91. The summed E-state index contributed by atoms with van der Waals surface area (Å²) in [4.78, 5) is 11.0. The van der Waals surface area contributed by atoms with Crippen LogP contribution in [0.1, 0.15) is 33.6 Å². The van der Waals surface area contributed by atoms with Gasteiger partial charge in [-0.05, 0) is 12.3 Å². The lowest BCUT2D eigenvalue weighted by molar-refractivity contribution is -0.120. The lowest BCUT2D eigenvalue weighted by Crippen LogP contribution is -2.48. The molecule has 0 unspecified atom stereocenters. The molecule has 0 fully saturated rings. The zero-order valence-electron chi connectivity index (χ0n) is 9.49. The first-order chi connectivity index (χ1) is 6.80. The van der Waals surface area contributed by atoms with Gasteiger partial charge in [0.1, 0.15) is 6.04 Å². The molecule has 0 aliphatic rings. The fourth-order valence-corrected chi connectivity index (χ4v) is 2.67. The number of hydrogen-bond acceptors (Lipinski definition) is 3. The van der Waals surface area contributed by atoms with Gasteiger partial charge in [0.2, 0.25) is 15.9 Å². The molecule has 1 amide bonds. The molecule has 6 heteroatoms. The van der Waals surface area contributed by atoms with E-state index in [1.165, 1.54) is 0 Å². The average Bonchev–Trinajstić information content (AvgIpc) is 2.10. The second kappa shape index (κ2) is 6.07. The number of primary amides is 1. The normalized spacial score (nSPS) is 14.1. The number of nitrogens with one attached hydrogen (secondary N) is 1. The van der Waals surface area contributed by atoms with Gasteiger partial charge in [-0.15, -0.1) is 0 Å². The summed E-state index contributed by atoms with van der Waals surface area (Å²) in [5, 5.41) is 0. The first kappa shape index (κ1) is 14.4. The predicted molar refractivity (Wildman–Crippen MR) is 59.7 cm³/mol. The fourth-order valence-electron chi connectivity index (χ4n) is 1.11. The van der Waals surface area contributed by atoms with Crippen molar-refractivity contribution in [3.63, 3.8) is 0 Å². The Balaban J connectivity index is 4.46. The molecule has 0 bridgehead atoms. The Hall–Kier alpha value is -0.620. The Morgan fingerprint density at radius 2 is 1.93 bits per heavy atom. The molecule has 0 aromatic carbocycles. The van der Waals surface area contributed by atoms with Crippen molar-refractivity contribution in [1.82, 2.24) is 4.72 Å². The summed E-state index contributed by atoms with van der Waals surface area (Å²) < 4.78 is 25.3. The van der Waals surface area contributed by atoms with Crippen LogP contribution in [-0.2, 0) is 14.8 Å². The van der Waals surface area contributed by atoms with Gasteiger partial charge < -0.3 is 5.73 Å². The van der Waals surface area contributed by atoms with Gasteiger partial charge in [0.05, 0.1) is 5.75 Å². The molecule has 0 saturated carbocycles. The molecule has 0 spiro atoms. The third-order valence-electron chi connectivity index (χ3n) is 2.05. The fraction of sp³-hybridized carbons (Fsp3) is 0.889. The molecule has 0 aliphatic carbocycles. The van der Waals surface area contributed by atoms with Gasteiger partial charge in [-0.2, -0.15) is 0 Å². The highest BCUT2D eigenvalue weighted by molar-refractivity contribution is 7.89. The van der Waals surface area contributed by atoms with E-state index in [2.05, 4.69) is 4.72 Å². The summed E-state index contributed by atoms with van der Waals surface area (Å²) in [5.41, 5.74) is 5.11. The number of hydrogen-bond donors (Lipinski definition) is 2. The van der Waals surface area contributed by atoms with E-state index in [1.54, 1.807) is 13.8 Å². The largest absolute Gasteiger partial charge is 0.368 e. The summed E-state index contributed by atoms with van der Waals surface area (Å²) in [5.74, 6) is -0.732. The Morgan fingerprint density at radius 1 is 1.40 bits per heavy atom. The van der Waals surface area contributed by atoms with E-state index in [9.17, 15) is 13.2 Å². The van der Waals surface area contributed by atoms with Crippen LogP contribution < -0.4 is 10.5 Å². The second-order valence-corrected chi connectivity index (χ2v) is 5.79. The van der Waals surface area contributed by atoms with E-state index in [4.69, 9.17) is 5.73 Å². The molecule has 90 valence electrons. The monoisotopic (exact) mass is 236 g/mol. The van der Waals surface area contributed by atoms with Crippen LogP contribution in [0.4, 0.5) is 0 Å². The van der Waals surface area contributed by atoms with Crippen LogP contribution in [-0.4, -0.2) is 26.1 Å². The topological polar surface area (TPSA) is 89.3 Å². The van der Waals surface area contributed by atoms with E-state index in [1.807, 2.05) is 6.92 Å². The third-order valence-corrected chi connectivity index (χ3v) is 3.49. The van der Waals surface area contributed by atoms with Gasteiger partial charge >= 0.3 is 0 Å². The summed E-state index contributed by atoms with van der Waals surface area (Å²) in [7, 11) is -3.38. The lowest BCUT2D eigenvalue weighted by Gasteiger charge is -2.18. The van der Waals surface area contributed by atoms with E-state index < -0.39 is 22.0 Å². The molecule has 3 N–H and O–H groups in total. The third kappa shape index (κ3) is 5.74. The SMILES string of the molecule is CCCCS(=O)(=O)N[C@H](C(N)=O)C(C)C. The molecular formula is C9H20N2O3S. The molecule has 0 saturated heterocycles. The smallest absolute Gasteiger partial charge is 0.235 e. The Kier molecular flexibility index (Phi) is 5.82. The molecule has 0 aromatic heterocycles. The Labute approximate surface area is 91.5 Å². The van der Waals surface area contributed by atoms with Gasteiger partial charge in [0.25, 0.3) is 0 Å². The minimum absolute atomic E-state index is 0.0417. The molecule has 15 heavy (non-hydrogen) atoms. The van der Waals surface area contributed by atoms with Crippen molar-refractivity contribution in [3.05, 3.63) is 0 Å². The summed E-state index contributed by atoms with van der Waals surface area (Å²) in [6, 6.07) is -0.813. The average molecular weight is 236 g/mol. The highest BCUT2D eigenvalue weighted by Gasteiger charge is 2.24. The standard InChI is InChI=1S/C9H20N2O3S/c1-4-5-6-15(13,14)11-8(7(2)3)9(10)12/h7-8,11H,4-6H2,1-3H3,(H2,10,12)/t8-/m0/s1. The van der Waals surface area contributed by atoms with Crippen molar-refractivity contribution >= 4 is 15.9 Å². The van der Waals surface area contributed by atoms with E-state index in [0.717, 1.165) is 6.42 Å². The quantitative estimate of drug-likeness (QED) is 0.662. The predicted octanol–water partition coefficient (Wildman–Crippen LogP) is 0.216. The van der Waals surface area contributed by atoms with E-state index >= 15 is 0 Å².